The van der Waals surface area contributed by atoms with E-state index in [0.717, 1.165) is 0 Å². The molecule has 0 fully saturated rings. The van der Waals surface area contributed by atoms with Gasteiger partial charge in [0.1, 0.15) is 12.8 Å². The Morgan fingerprint density at radius 2 is 1.92 bits per heavy atom. The van der Waals surface area contributed by atoms with Crippen molar-refractivity contribution < 1.29 is 19.0 Å². The Balaban J connectivity index is 3.63. The molecule has 0 saturated carbocycles. The van der Waals surface area contributed by atoms with Crippen LogP contribution in [0.1, 0.15) is 26.7 Å². The van der Waals surface area contributed by atoms with Crippen molar-refractivity contribution >= 4 is 0 Å². The predicted octanol–water partition coefficient (Wildman–Crippen LogP) is 0.711. The molecule has 5 heteroatoms. The number of rotatable bonds is 6. The van der Waals surface area contributed by atoms with E-state index in [1.807, 2.05) is 13.8 Å². The first kappa shape index (κ1) is 12.7. The van der Waals surface area contributed by atoms with E-state index in [1.165, 1.54) is 0 Å². The van der Waals surface area contributed by atoms with Crippen molar-refractivity contribution in [3.8, 4) is 0 Å². The summed E-state index contributed by atoms with van der Waals surface area (Å²) in [6, 6.07) is 0.0535. The van der Waals surface area contributed by atoms with Crippen LogP contribution in [0.25, 0.3) is 0 Å². The summed E-state index contributed by atoms with van der Waals surface area (Å²) in [6.45, 7) is 2.46. The lowest BCUT2D eigenvalue weighted by atomic mass is 10.1. The van der Waals surface area contributed by atoms with E-state index in [9.17, 15) is 8.78 Å². The molecule has 1 unspecified atom stereocenters. The van der Waals surface area contributed by atoms with Crippen molar-refractivity contribution in [3.63, 3.8) is 0 Å². The van der Waals surface area contributed by atoms with Crippen LogP contribution in [0.4, 0.5) is 8.78 Å². The molecule has 13 heavy (non-hydrogen) atoms. The van der Waals surface area contributed by atoms with Crippen LogP contribution >= 0.6 is 0 Å². The van der Waals surface area contributed by atoms with Crippen LogP contribution in [0.2, 0.25) is 0 Å². The van der Waals surface area contributed by atoms with Crippen molar-refractivity contribution in [1.82, 2.24) is 5.32 Å². The Morgan fingerprint density at radius 1 is 1.38 bits per heavy atom. The number of nitrogens with one attached hydrogen (secondary N) is 1. The zero-order valence-corrected chi connectivity index (χ0v) is 7.93. The van der Waals surface area contributed by atoms with E-state index in [2.05, 4.69) is 5.32 Å². The number of alkyl halides is 2. The fourth-order valence-corrected chi connectivity index (χ4v) is 0.895. The van der Waals surface area contributed by atoms with Gasteiger partial charge in [0.2, 0.25) is 0 Å². The van der Waals surface area contributed by atoms with Gasteiger partial charge in [-0.1, -0.05) is 0 Å². The standard InChI is InChI=1S/C8H17F2NO2/c1-6(2)11-7(13)3-4-8(9,10)5-12/h6-7,11-13H,3-5H2,1-2H3. The molecule has 0 aliphatic rings. The smallest absolute Gasteiger partial charge is 0.270 e. The summed E-state index contributed by atoms with van der Waals surface area (Å²) in [5.74, 6) is -3.08. The fraction of sp³-hybridized carbons (Fsp3) is 1.00. The van der Waals surface area contributed by atoms with E-state index in [1.54, 1.807) is 0 Å². The number of aliphatic hydroxyl groups excluding tert-OH is 2. The molecule has 0 aliphatic heterocycles. The van der Waals surface area contributed by atoms with Gasteiger partial charge in [0.05, 0.1) is 0 Å². The average molecular weight is 197 g/mol. The summed E-state index contributed by atoms with van der Waals surface area (Å²) in [4.78, 5) is 0. The first-order valence-electron chi connectivity index (χ1n) is 4.30. The van der Waals surface area contributed by atoms with Gasteiger partial charge in [-0.05, 0) is 20.3 Å². The second-order valence-corrected chi connectivity index (χ2v) is 3.39. The molecule has 0 saturated heterocycles. The van der Waals surface area contributed by atoms with Crippen LogP contribution in [0.15, 0.2) is 0 Å². The maximum atomic E-state index is 12.5. The van der Waals surface area contributed by atoms with E-state index < -0.39 is 25.2 Å². The summed E-state index contributed by atoms with van der Waals surface area (Å²) in [6.07, 6.45) is -1.51. The van der Waals surface area contributed by atoms with Gasteiger partial charge in [0.15, 0.2) is 0 Å². The molecule has 3 N–H and O–H groups in total. The maximum Gasteiger partial charge on any atom is 0.270 e. The van der Waals surface area contributed by atoms with E-state index in [4.69, 9.17) is 10.2 Å². The highest BCUT2D eigenvalue weighted by Gasteiger charge is 2.28. The van der Waals surface area contributed by atoms with E-state index in [-0.39, 0.29) is 12.5 Å². The predicted molar refractivity (Wildman–Crippen MR) is 45.5 cm³/mol. The lowest BCUT2D eigenvalue weighted by Crippen LogP contribution is -2.36. The zero-order chi connectivity index (χ0) is 10.5. The Kier molecular flexibility index (Phi) is 5.36. The molecule has 0 spiro atoms. The van der Waals surface area contributed by atoms with Crippen LogP contribution in [-0.4, -0.2) is 35.0 Å². The molecule has 80 valence electrons. The third-order valence-electron chi connectivity index (χ3n) is 1.54. The lowest BCUT2D eigenvalue weighted by molar-refractivity contribution is -0.0663. The molecule has 0 aliphatic carbocycles. The van der Waals surface area contributed by atoms with Crippen LogP contribution in [0.5, 0.6) is 0 Å². The third-order valence-corrected chi connectivity index (χ3v) is 1.54. The average Bonchev–Trinajstić information content (AvgIpc) is 2.00. The number of hydrogen-bond donors (Lipinski definition) is 3. The highest BCUT2D eigenvalue weighted by Crippen LogP contribution is 2.19. The molecule has 0 aromatic heterocycles. The molecule has 0 aromatic rings. The topological polar surface area (TPSA) is 52.5 Å². The quantitative estimate of drug-likeness (QED) is 0.550. The molecular weight excluding hydrogens is 180 g/mol. The highest BCUT2D eigenvalue weighted by atomic mass is 19.3. The lowest BCUT2D eigenvalue weighted by Gasteiger charge is -2.18. The molecule has 0 rings (SSSR count). The van der Waals surface area contributed by atoms with E-state index >= 15 is 0 Å². The Hall–Kier alpha value is -0.260. The molecule has 0 radical (unpaired) electrons. The van der Waals surface area contributed by atoms with Gasteiger partial charge in [-0.3, -0.25) is 5.32 Å². The minimum Gasteiger partial charge on any atom is -0.390 e. The van der Waals surface area contributed by atoms with Crippen LogP contribution in [-0.2, 0) is 0 Å². The molecule has 0 amide bonds. The molecule has 0 bridgehead atoms. The van der Waals surface area contributed by atoms with Crippen molar-refractivity contribution in [1.29, 1.82) is 0 Å². The third kappa shape index (κ3) is 6.86. The number of halogens is 2. The molecule has 3 nitrogen and oxygen atoms in total. The van der Waals surface area contributed by atoms with Gasteiger partial charge in [0.25, 0.3) is 5.92 Å². The minimum absolute atomic E-state index is 0.0535. The minimum atomic E-state index is -3.08. The Bertz CT molecular complexity index is 142. The van der Waals surface area contributed by atoms with Crippen LogP contribution in [0.3, 0.4) is 0 Å². The summed E-state index contributed by atoms with van der Waals surface area (Å²) in [5, 5.41) is 20.1. The molecule has 0 aromatic carbocycles. The van der Waals surface area contributed by atoms with Gasteiger partial charge >= 0.3 is 0 Å². The van der Waals surface area contributed by atoms with Crippen molar-refractivity contribution in [2.24, 2.45) is 0 Å². The number of hydrogen-bond acceptors (Lipinski definition) is 3. The molecule has 1 atom stereocenters. The first-order chi connectivity index (χ1) is 5.87. The van der Waals surface area contributed by atoms with Gasteiger partial charge in [-0.15, -0.1) is 0 Å². The summed E-state index contributed by atoms with van der Waals surface area (Å²) >= 11 is 0. The van der Waals surface area contributed by atoms with Crippen molar-refractivity contribution in [2.45, 2.75) is 44.9 Å². The first-order valence-corrected chi connectivity index (χ1v) is 4.30. The number of aliphatic hydroxyl groups is 2. The van der Waals surface area contributed by atoms with Crippen LogP contribution < -0.4 is 5.32 Å². The van der Waals surface area contributed by atoms with Crippen LogP contribution in [0, 0.1) is 0 Å². The van der Waals surface area contributed by atoms with Gasteiger partial charge in [-0.2, -0.15) is 0 Å². The highest BCUT2D eigenvalue weighted by molar-refractivity contribution is 4.67. The summed E-state index contributed by atoms with van der Waals surface area (Å²) in [5.41, 5.74) is 0. The maximum absolute atomic E-state index is 12.5. The van der Waals surface area contributed by atoms with Gasteiger partial charge in [-0.25, -0.2) is 8.78 Å². The fourth-order valence-electron chi connectivity index (χ4n) is 0.895. The van der Waals surface area contributed by atoms with Crippen molar-refractivity contribution in [2.75, 3.05) is 6.61 Å². The summed E-state index contributed by atoms with van der Waals surface area (Å²) < 4.78 is 24.9. The molecular formula is C8H17F2NO2. The second kappa shape index (κ2) is 5.47. The molecule has 0 heterocycles. The monoisotopic (exact) mass is 197 g/mol. The normalized spacial score (nSPS) is 15.0. The van der Waals surface area contributed by atoms with Gasteiger partial charge in [0, 0.05) is 12.5 Å². The Labute approximate surface area is 76.8 Å². The van der Waals surface area contributed by atoms with E-state index in [0.29, 0.717) is 0 Å². The largest absolute Gasteiger partial charge is 0.390 e. The SMILES string of the molecule is CC(C)NC(O)CCC(F)(F)CO. The second-order valence-electron chi connectivity index (χ2n) is 3.39. The zero-order valence-electron chi connectivity index (χ0n) is 7.93. The Morgan fingerprint density at radius 3 is 2.31 bits per heavy atom. The van der Waals surface area contributed by atoms with Gasteiger partial charge < -0.3 is 10.2 Å². The summed E-state index contributed by atoms with van der Waals surface area (Å²) in [7, 11) is 0. The van der Waals surface area contributed by atoms with Crippen molar-refractivity contribution in [3.05, 3.63) is 0 Å².